The summed E-state index contributed by atoms with van der Waals surface area (Å²) in [6.45, 7) is 3.07. The van der Waals surface area contributed by atoms with Crippen molar-refractivity contribution in [2.24, 2.45) is 0 Å². The van der Waals surface area contributed by atoms with E-state index in [2.05, 4.69) is 10.5 Å². The Balaban J connectivity index is 1.99. The molecule has 0 saturated heterocycles. The minimum absolute atomic E-state index is 0.0821. The maximum absolute atomic E-state index is 11.9. The fraction of sp³-hybridized carbons (Fsp3) is 0.214. The number of anilines is 1. The normalized spacial score (nSPS) is 11.8. The van der Waals surface area contributed by atoms with Gasteiger partial charge >= 0.3 is 5.97 Å². The molecule has 1 atom stereocenters. The van der Waals surface area contributed by atoms with Crippen LogP contribution in [0.25, 0.3) is 0 Å². The number of carbonyl (C=O) groups is 2. The number of carbonyl (C=O) groups excluding carboxylic acids is 2. The van der Waals surface area contributed by atoms with Crippen LogP contribution in [0.2, 0.25) is 5.02 Å². The number of nitrogens with one attached hydrogen (secondary N) is 1. The van der Waals surface area contributed by atoms with Crippen molar-refractivity contribution in [1.82, 2.24) is 5.16 Å². The molecule has 0 spiro atoms. The summed E-state index contributed by atoms with van der Waals surface area (Å²) in [5, 5.41) is 16.0. The number of ether oxygens (including phenoxy) is 1. The quantitative estimate of drug-likeness (QED) is 0.838. The topological polar surface area (TPSA) is 102 Å². The summed E-state index contributed by atoms with van der Waals surface area (Å²) < 4.78 is 9.79. The second-order valence-corrected chi connectivity index (χ2v) is 4.96. The van der Waals surface area contributed by atoms with Crippen molar-refractivity contribution in [3.05, 3.63) is 40.6 Å². The molecule has 1 aromatic carbocycles. The first-order valence-electron chi connectivity index (χ1n) is 6.30. The molecule has 2 rings (SSSR count). The lowest BCUT2D eigenvalue weighted by Crippen LogP contribution is -2.30. The third-order valence-electron chi connectivity index (χ3n) is 2.71. The lowest BCUT2D eigenvalue weighted by molar-refractivity contribution is -0.123. The average Bonchev–Trinajstić information content (AvgIpc) is 2.83. The number of aromatic nitrogens is 1. The van der Waals surface area contributed by atoms with Crippen LogP contribution in [0.15, 0.2) is 28.8 Å². The summed E-state index contributed by atoms with van der Waals surface area (Å²) in [5.41, 5.74) is -0.0821. The van der Waals surface area contributed by atoms with Crippen molar-refractivity contribution < 1.29 is 24.0 Å². The summed E-state index contributed by atoms with van der Waals surface area (Å²) in [7, 11) is 0. The number of aryl methyl sites for hydroxylation is 1. The van der Waals surface area contributed by atoms with Crippen LogP contribution < -0.4 is 5.32 Å². The molecule has 2 N–H and O–H groups in total. The number of amides is 1. The van der Waals surface area contributed by atoms with Gasteiger partial charge in [0, 0.05) is 11.1 Å². The van der Waals surface area contributed by atoms with E-state index in [0.717, 1.165) is 0 Å². The highest BCUT2D eigenvalue weighted by Crippen LogP contribution is 2.23. The first-order valence-corrected chi connectivity index (χ1v) is 6.68. The third kappa shape index (κ3) is 3.76. The van der Waals surface area contributed by atoms with E-state index < -0.39 is 18.0 Å². The van der Waals surface area contributed by atoms with Gasteiger partial charge in [0.2, 0.25) is 0 Å². The highest BCUT2D eigenvalue weighted by molar-refractivity contribution is 6.30. The molecule has 0 saturated carbocycles. The Morgan fingerprint density at radius 3 is 2.73 bits per heavy atom. The monoisotopic (exact) mass is 324 g/mol. The standard InChI is InChI=1S/C14H13ClN2O5/c1-7-5-12(17-22-7)16-13(19)8(2)21-14(20)10-4-3-9(15)6-11(10)18/h3-6,8,18H,1-2H3,(H,16,17,19)/t8-/m1/s1. The third-order valence-corrected chi connectivity index (χ3v) is 2.95. The molecule has 116 valence electrons. The second-order valence-electron chi connectivity index (χ2n) is 4.52. The molecule has 1 heterocycles. The zero-order valence-corrected chi connectivity index (χ0v) is 12.5. The molecule has 0 radical (unpaired) electrons. The summed E-state index contributed by atoms with van der Waals surface area (Å²) in [6, 6.07) is 5.48. The van der Waals surface area contributed by atoms with Crippen molar-refractivity contribution in [2.75, 3.05) is 5.32 Å². The number of phenols is 1. The second kappa shape index (κ2) is 6.48. The van der Waals surface area contributed by atoms with E-state index in [0.29, 0.717) is 5.76 Å². The maximum Gasteiger partial charge on any atom is 0.342 e. The van der Waals surface area contributed by atoms with Gasteiger partial charge in [-0.05, 0) is 32.0 Å². The Bertz CT molecular complexity index is 713. The molecule has 0 unspecified atom stereocenters. The van der Waals surface area contributed by atoms with E-state index in [1.807, 2.05) is 0 Å². The first kappa shape index (κ1) is 15.8. The van der Waals surface area contributed by atoms with Crippen molar-refractivity contribution in [3.63, 3.8) is 0 Å². The van der Waals surface area contributed by atoms with Crippen LogP contribution in [0.4, 0.5) is 5.82 Å². The first-order chi connectivity index (χ1) is 10.4. The Morgan fingerprint density at radius 2 is 2.14 bits per heavy atom. The molecule has 8 heteroatoms. The molecule has 2 aromatic rings. The molecule has 7 nitrogen and oxygen atoms in total. The van der Waals surface area contributed by atoms with Gasteiger partial charge in [-0.15, -0.1) is 0 Å². The van der Waals surface area contributed by atoms with E-state index in [4.69, 9.17) is 20.9 Å². The molecular weight excluding hydrogens is 312 g/mol. The van der Waals surface area contributed by atoms with Crippen LogP contribution in [0.3, 0.4) is 0 Å². The van der Waals surface area contributed by atoms with Gasteiger partial charge in [-0.2, -0.15) is 0 Å². The van der Waals surface area contributed by atoms with Crippen LogP contribution in [-0.2, 0) is 9.53 Å². The average molecular weight is 325 g/mol. The number of halogens is 1. The molecule has 1 aromatic heterocycles. The molecule has 0 fully saturated rings. The zero-order chi connectivity index (χ0) is 16.3. The Kier molecular flexibility index (Phi) is 4.67. The SMILES string of the molecule is Cc1cc(NC(=O)[C@@H](C)OC(=O)c2ccc(Cl)cc2O)no1. The van der Waals surface area contributed by atoms with Gasteiger partial charge in [0.15, 0.2) is 11.9 Å². The number of hydrogen-bond acceptors (Lipinski definition) is 6. The molecule has 0 aliphatic carbocycles. The fourth-order valence-electron chi connectivity index (χ4n) is 1.61. The van der Waals surface area contributed by atoms with Gasteiger partial charge in [-0.1, -0.05) is 16.8 Å². The Morgan fingerprint density at radius 1 is 1.41 bits per heavy atom. The predicted molar refractivity (Wildman–Crippen MR) is 77.9 cm³/mol. The van der Waals surface area contributed by atoms with Crippen LogP contribution in [0.1, 0.15) is 23.0 Å². The van der Waals surface area contributed by atoms with Crippen LogP contribution in [0, 0.1) is 6.92 Å². The van der Waals surface area contributed by atoms with Crippen molar-refractivity contribution in [1.29, 1.82) is 0 Å². The smallest absolute Gasteiger partial charge is 0.342 e. The van der Waals surface area contributed by atoms with E-state index in [1.54, 1.807) is 6.92 Å². The largest absolute Gasteiger partial charge is 0.507 e. The molecular formula is C14H13ClN2O5. The van der Waals surface area contributed by atoms with Gasteiger partial charge < -0.3 is 19.7 Å². The van der Waals surface area contributed by atoms with Gasteiger partial charge in [0.1, 0.15) is 17.1 Å². The predicted octanol–water partition coefficient (Wildman–Crippen LogP) is 2.53. The lowest BCUT2D eigenvalue weighted by atomic mass is 10.2. The van der Waals surface area contributed by atoms with E-state index in [-0.39, 0.29) is 22.2 Å². The van der Waals surface area contributed by atoms with E-state index in [1.165, 1.54) is 31.2 Å². The van der Waals surface area contributed by atoms with Gasteiger partial charge in [-0.3, -0.25) is 4.79 Å². The number of aromatic hydroxyl groups is 1. The van der Waals surface area contributed by atoms with Crippen molar-refractivity contribution >= 4 is 29.3 Å². The number of esters is 1. The molecule has 0 bridgehead atoms. The number of nitrogens with zero attached hydrogens (tertiary/aromatic N) is 1. The highest BCUT2D eigenvalue weighted by atomic mass is 35.5. The summed E-state index contributed by atoms with van der Waals surface area (Å²) in [5.74, 6) is -0.980. The Labute approximate surface area is 130 Å². The summed E-state index contributed by atoms with van der Waals surface area (Å²) in [6.07, 6.45) is -1.08. The van der Waals surface area contributed by atoms with E-state index in [9.17, 15) is 14.7 Å². The fourth-order valence-corrected chi connectivity index (χ4v) is 1.77. The summed E-state index contributed by atoms with van der Waals surface area (Å²) >= 11 is 5.68. The van der Waals surface area contributed by atoms with E-state index >= 15 is 0 Å². The van der Waals surface area contributed by atoms with Crippen LogP contribution >= 0.6 is 11.6 Å². The molecule has 0 aliphatic heterocycles. The minimum atomic E-state index is -1.08. The minimum Gasteiger partial charge on any atom is -0.507 e. The van der Waals surface area contributed by atoms with Gasteiger partial charge in [0.05, 0.1) is 0 Å². The summed E-state index contributed by atoms with van der Waals surface area (Å²) in [4.78, 5) is 23.8. The lowest BCUT2D eigenvalue weighted by Gasteiger charge is -2.12. The highest BCUT2D eigenvalue weighted by Gasteiger charge is 2.21. The number of hydrogen-bond donors (Lipinski definition) is 2. The molecule has 1 amide bonds. The van der Waals surface area contributed by atoms with Gasteiger partial charge in [0.25, 0.3) is 5.91 Å². The van der Waals surface area contributed by atoms with Gasteiger partial charge in [-0.25, -0.2) is 4.79 Å². The number of benzene rings is 1. The maximum atomic E-state index is 11.9. The molecule has 0 aliphatic rings. The molecule has 22 heavy (non-hydrogen) atoms. The zero-order valence-electron chi connectivity index (χ0n) is 11.8. The number of phenolic OH excluding ortho intramolecular Hbond substituents is 1. The number of rotatable bonds is 4. The van der Waals surface area contributed by atoms with Crippen molar-refractivity contribution in [2.45, 2.75) is 20.0 Å². The van der Waals surface area contributed by atoms with Crippen LogP contribution in [0.5, 0.6) is 5.75 Å². The van der Waals surface area contributed by atoms with Crippen LogP contribution in [-0.4, -0.2) is 28.2 Å². The Hall–Kier alpha value is -2.54. The van der Waals surface area contributed by atoms with Crippen molar-refractivity contribution in [3.8, 4) is 5.75 Å².